The smallest absolute Gasteiger partial charge is 0.290 e. The van der Waals surface area contributed by atoms with Crippen LogP contribution >= 0.6 is 23.2 Å². The van der Waals surface area contributed by atoms with Crippen LogP contribution in [-0.2, 0) is 4.79 Å². The van der Waals surface area contributed by atoms with Gasteiger partial charge < -0.3 is 0 Å². The quantitative estimate of drug-likeness (QED) is 0.750. The fourth-order valence-electron chi connectivity index (χ4n) is 2.31. The van der Waals surface area contributed by atoms with Crippen molar-refractivity contribution in [2.75, 3.05) is 0 Å². The van der Waals surface area contributed by atoms with Crippen LogP contribution in [0, 0.1) is 0 Å². The zero-order valence-corrected chi connectivity index (χ0v) is 11.1. The van der Waals surface area contributed by atoms with E-state index < -0.39 is 11.6 Å². The van der Waals surface area contributed by atoms with Gasteiger partial charge in [0.25, 0.3) is 5.56 Å². The molecule has 1 aliphatic carbocycles. The third-order valence-electron chi connectivity index (χ3n) is 3.15. The number of rotatable bonds is 1. The van der Waals surface area contributed by atoms with Gasteiger partial charge in [0.15, 0.2) is 16.6 Å². The van der Waals surface area contributed by atoms with Crippen molar-refractivity contribution in [3.8, 4) is 0 Å². The lowest BCUT2D eigenvalue weighted by molar-refractivity contribution is -0.120. The predicted octanol–water partition coefficient (Wildman–Crippen LogP) is 1.79. The van der Waals surface area contributed by atoms with E-state index in [0.717, 1.165) is 6.42 Å². The number of aromatic nitrogens is 4. The second-order valence-electron chi connectivity index (χ2n) is 4.30. The van der Waals surface area contributed by atoms with E-state index in [9.17, 15) is 9.59 Å². The first-order valence-electron chi connectivity index (χ1n) is 5.71. The van der Waals surface area contributed by atoms with Crippen LogP contribution in [0.4, 0.5) is 0 Å². The SMILES string of the molecule is O=C1CCC[C@@H]1n1c(=O)c(Cl)nc2cnc(Cl)nc21. The lowest BCUT2D eigenvalue weighted by Gasteiger charge is -2.14. The maximum Gasteiger partial charge on any atom is 0.290 e. The Morgan fingerprint density at radius 1 is 1.26 bits per heavy atom. The standard InChI is InChI=1S/C11H8Cl2N4O2/c12-8-10(19)17(6-2-1-3-7(6)18)9-5(15-8)4-14-11(13)16-9/h4,6H,1-3H2/t6-/m0/s1. The second kappa shape index (κ2) is 4.54. The third kappa shape index (κ3) is 2.01. The number of halogens is 2. The van der Waals surface area contributed by atoms with E-state index in [0.29, 0.717) is 18.4 Å². The molecule has 0 unspecified atom stereocenters. The van der Waals surface area contributed by atoms with E-state index in [1.165, 1.54) is 10.8 Å². The van der Waals surface area contributed by atoms with Gasteiger partial charge in [-0.3, -0.25) is 14.2 Å². The lowest BCUT2D eigenvalue weighted by Crippen LogP contribution is -2.29. The molecule has 2 aromatic rings. The molecule has 2 heterocycles. The van der Waals surface area contributed by atoms with Crippen LogP contribution < -0.4 is 5.56 Å². The van der Waals surface area contributed by atoms with Gasteiger partial charge >= 0.3 is 0 Å². The summed E-state index contributed by atoms with van der Waals surface area (Å²) in [5.41, 5.74) is 0.0625. The largest absolute Gasteiger partial charge is 0.297 e. The zero-order valence-electron chi connectivity index (χ0n) is 9.64. The van der Waals surface area contributed by atoms with Crippen molar-refractivity contribution < 1.29 is 4.79 Å². The minimum atomic E-state index is -0.540. The molecule has 1 saturated carbocycles. The average molecular weight is 299 g/mol. The van der Waals surface area contributed by atoms with E-state index >= 15 is 0 Å². The summed E-state index contributed by atoms with van der Waals surface area (Å²) in [4.78, 5) is 35.7. The number of Topliss-reactive ketones (excluding diaryl/α,β-unsaturated/α-hetero) is 1. The molecule has 0 amide bonds. The van der Waals surface area contributed by atoms with Crippen LogP contribution in [0.15, 0.2) is 11.0 Å². The average Bonchev–Trinajstić information content (AvgIpc) is 2.78. The zero-order chi connectivity index (χ0) is 13.6. The van der Waals surface area contributed by atoms with Crippen LogP contribution in [0.5, 0.6) is 0 Å². The number of fused-ring (bicyclic) bond motifs is 1. The Balaban J connectivity index is 2.37. The number of nitrogens with zero attached hydrogens (tertiary/aromatic N) is 4. The van der Waals surface area contributed by atoms with Crippen molar-refractivity contribution in [3.63, 3.8) is 0 Å². The molecule has 8 heteroatoms. The number of hydrogen-bond acceptors (Lipinski definition) is 5. The van der Waals surface area contributed by atoms with Crippen LogP contribution in [0.2, 0.25) is 10.4 Å². The fourth-order valence-corrected chi connectivity index (χ4v) is 2.62. The topological polar surface area (TPSA) is 77.7 Å². The molecular weight excluding hydrogens is 291 g/mol. The summed E-state index contributed by atoms with van der Waals surface area (Å²) >= 11 is 11.6. The van der Waals surface area contributed by atoms with Gasteiger partial charge in [-0.05, 0) is 24.4 Å². The van der Waals surface area contributed by atoms with E-state index in [-0.39, 0.29) is 21.9 Å². The van der Waals surface area contributed by atoms with Crippen molar-refractivity contribution in [2.45, 2.75) is 25.3 Å². The van der Waals surface area contributed by atoms with Crippen LogP contribution in [-0.4, -0.2) is 25.3 Å². The molecule has 0 N–H and O–H groups in total. The molecule has 1 fully saturated rings. The number of carbonyl (C=O) groups excluding carboxylic acids is 1. The lowest BCUT2D eigenvalue weighted by atomic mass is 10.2. The summed E-state index contributed by atoms with van der Waals surface area (Å²) in [6.07, 6.45) is 3.18. The second-order valence-corrected chi connectivity index (χ2v) is 5.00. The maximum absolute atomic E-state index is 12.1. The van der Waals surface area contributed by atoms with Crippen LogP contribution in [0.1, 0.15) is 25.3 Å². The van der Waals surface area contributed by atoms with Crippen molar-refractivity contribution in [1.29, 1.82) is 0 Å². The first-order chi connectivity index (χ1) is 9.08. The first-order valence-corrected chi connectivity index (χ1v) is 6.46. The molecule has 0 bridgehead atoms. The highest BCUT2D eigenvalue weighted by Gasteiger charge is 2.29. The molecule has 1 atom stereocenters. The summed E-state index contributed by atoms with van der Waals surface area (Å²) in [6.45, 7) is 0. The molecule has 0 radical (unpaired) electrons. The Bertz CT molecular complexity index is 743. The molecule has 19 heavy (non-hydrogen) atoms. The number of carbonyl (C=O) groups is 1. The molecular formula is C11H8Cl2N4O2. The van der Waals surface area contributed by atoms with Crippen molar-refractivity contribution in [2.24, 2.45) is 0 Å². The monoisotopic (exact) mass is 298 g/mol. The highest BCUT2D eigenvalue weighted by Crippen LogP contribution is 2.27. The van der Waals surface area contributed by atoms with E-state index in [1.807, 2.05) is 0 Å². The highest BCUT2D eigenvalue weighted by atomic mass is 35.5. The molecule has 2 aromatic heterocycles. The van der Waals surface area contributed by atoms with Gasteiger partial charge in [-0.15, -0.1) is 0 Å². The summed E-state index contributed by atoms with van der Waals surface area (Å²) in [5.74, 6) is 0.000372. The summed E-state index contributed by atoms with van der Waals surface area (Å²) in [7, 11) is 0. The van der Waals surface area contributed by atoms with Gasteiger partial charge in [0.1, 0.15) is 5.52 Å². The molecule has 0 spiro atoms. The maximum atomic E-state index is 12.1. The molecule has 98 valence electrons. The Kier molecular flexibility index (Phi) is 2.99. The molecule has 0 aromatic carbocycles. The van der Waals surface area contributed by atoms with Gasteiger partial charge in [-0.25, -0.2) is 9.97 Å². The van der Waals surface area contributed by atoms with E-state index in [4.69, 9.17) is 23.2 Å². The highest BCUT2D eigenvalue weighted by molar-refractivity contribution is 6.29. The van der Waals surface area contributed by atoms with Crippen molar-refractivity contribution in [3.05, 3.63) is 27.0 Å². The fraction of sp³-hybridized carbons (Fsp3) is 0.364. The summed E-state index contributed by atoms with van der Waals surface area (Å²) in [5, 5.41) is -0.201. The molecule has 6 nitrogen and oxygen atoms in total. The summed E-state index contributed by atoms with van der Waals surface area (Å²) < 4.78 is 1.29. The predicted molar refractivity (Wildman–Crippen MR) is 69.5 cm³/mol. The Hall–Kier alpha value is -1.53. The third-order valence-corrected chi connectivity index (χ3v) is 3.58. The van der Waals surface area contributed by atoms with Crippen molar-refractivity contribution >= 4 is 40.1 Å². The van der Waals surface area contributed by atoms with Gasteiger partial charge in [0, 0.05) is 6.42 Å². The minimum absolute atomic E-state index is 0.000372. The van der Waals surface area contributed by atoms with Crippen molar-refractivity contribution in [1.82, 2.24) is 19.5 Å². The number of ketones is 1. The van der Waals surface area contributed by atoms with Crippen LogP contribution in [0.25, 0.3) is 11.2 Å². The normalized spacial score (nSPS) is 19.3. The number of hydrogen-bond donors (Lipinski definition) is 0. The molecule has 0 saturated heterocycles. The van der Waals surface area contributed by atoms with Gasteiger partial charge in [0.2, 0.25) is 5.28 Å². The molecule has 1 aliphatic rings. The summed E-state index contributed by atoms with van der Waals surface area (Å²) in [6, 6.07) is -0.540. The van der Waals surface area contributed by atoms with E-state index in [1.54, 1.807) is 0 Å². The van der Waals surface area contributed by atoms with Crippen LogP contribution in [0.3, 0.4) is 0 Å². The Labute approximate surface area is 117 Å². The molecule has 0 aliphatic heterocycles. The Morgan fingerprint density at radius 3 is 2.74 bits per heavy atom. The van der Waals surface area contributed by atoms with Gasteiger partial charge in [0.05, 0.1) is 12.2 Å². The molecule has 3 rings (SSSR count). The Morgan fingerprint density at radius 2 is 2.05 bits per heavy atom. The van der Waals surface area contributed by atoms with Gasteiger partial charge in [-0.2, -0.15) is 4.98 Å². The van der Waals surface area contributed by atoms with E-state index in [2.05, 4.69) is 15.0 Å². The first kappa shape index (κ1) is 12.5. The minimum Gasteiger partial charge on any atom is -0.297 e. The van der Waals surface area contributed by atoms with Gasteiger partial charge in [-0.1, -0.05) is 11.6 Å².